The number of halogens is 1. The highest BCUT2D eigenvalue weighted by molar-refractivity contribution is 6.30. The maximum absolute atomic E-state index is 5.79. The third kappa shape index (κ3) is 2.47. The van der Waals surface area contributed by atoms with Crippen molar-refractivity contribution in [3.63, 3.8) is 0 Å². The van der Waals surface area contributed by atoms with Gasteiger partial charge in [0.05, 0.1) is 5.92 Å². The van der Waals surface area contributed by atoms with Crippen LogP contribution in [-0.4, -0.2) is 23.2 Å². The Balaban J connectivity index is 1.59. The second kappa shape index (κ2) is 4.96. The lowest BCUT2D eigenvalue weighted by atomic mass is 10.0. The quantitative estimate of drug-likeness (QED) is 0.916. The maximum atomic E-state index is 5.79. The number of benzene rings is 1. The molecule has 1 N–H and O–H groups in total. The Bertz CT molecular complexity index is 522. The monoisotopic (exact) mass is 265 g/mol. The molecule has 0 saturated carbocycles. The van der Waals surface area contributed by atoms with E-state index >= 15 is 0 Å². The molecule has 5 nitrogen and oxygen atoms in total. The van der Waals surface area contributed by atoms with E-state index in [1.54, 1.807) is 24.3 Å². The van der Waals surface area contributed by atoms with Crippen molar-refractivity contribution in [2.45, 2.75) is 12.5 Å². The molecular weight excluding hydrogens is 254 g/mol. The number of hydrogen-bond donors (Lipinski definition) is 1. The summed E-state index contributed by atoms with van der Waals surface area (Å²) in [4.78, 5) is 4.30. The van der Waals surface area contributed by atoms with Gasteiger partial charge in [-0.2, -0.15) is 4.98 Å². The van der Waals surface area contributed by atoms with Crippen molar-refractivity contribution in [1.29, 1.82) is 0 Å². The molecule has 0 radical (unpaired) electrons. The van der Waals surface area contributed by atoms with Crippen molar-refractivity contribution >= 4 is 11.6 Å². The largest absolute Gasteiger partial charge is 0.485 e. The number of aromatic nitrogens is 2. The SMILES string of the molecule is Clc1ccc(OCc2noc(C3CNC3)n2)cc1. The fraction of sp³-hybridized carbons (Fsp3) is 0.333. The van der Waals surface area contributed by atoms with Gasteiger partial charge in [0.1, 0.15) is 5.75 Å². The lowest BCUT2D eigenvalue weighted by Crippen LogP contribution is -2.40. The van der Waals surface area contributed by atoms with E-state index in [1.807, 2.05) is 0 Å². The van der Waals surface area contributed by atoms with E-state index in [9.17, 15) is 0 Å². The number of nitrogens with zero attached hydrogens (tertiary/aromatic N) is 2. The van der Waals surface area contributed by atoms with Crippen LogP contribution in [0.4, 0.5) is 0 Å². The first kappa shape index (κ1) is 11.5. The normalized spacial score (nSPS) is 15.4. The molecule has 0 bridgehead atoms. The molecule has 0 spiro atoms. The lowest BCUT2D eigenvalue weighted by molar-refractivity contribution is 0.278. The highest BCUT2D eigenvalue weighted by Gasteiger charge is 2.24. The summed E-state index contributed by atoms with van der Waals surface area (Å²) in [5.74, 6) is 2.33. The first-order valence-electron chi connectivity index (χ1n) is 5.73. The molecule has 1 aromatic heterocycles. The summed E-state index contributed by atoms with van der Waals surface area (Å²) >= 11 is 5.79. The van der Waals surface area contributed by atoms with Crippen LogP contribution in [0, 0.1) is 0 Å². The van der Waals surface area contributed by atoms with Crippen LogP contribution in [0.5, 0.6) is 5.75 Å². The zero-order valence-corrected chi connectivity index (χ0v) is 10.4. The van der Waals surface area contributed by atoms with Crippen LogP contribution in [0.15, 0.2) is 28.8 Å². The predicted octanol–water partition coefficient (Wildman–Crippen LogP) is 1.99. The van der Waals surface area contributed by atoms with Gasteiger partial charge in [0.2, 0.25) is 11.7 Å². The van der Waals surface area contributed by atoms with Gasteiger partial charge in [0.15, 0.2) is 6.61 Å². The van der Waals surface area contributed by atoms with Gasteiger partial charge in [-0.15, -0.1) is 0 Å². The second-order valence-corrected chi connectivity index (χ2v) is 4.58. The minimum Gasteiger partial charge on any atom is -0.485 e. The van der Waals surface area contributed by atoms with E-state index in [-0.39, 0.29) is 0 Å². The van der Waals surface area contributed by atoms with Crippen LogP contribution in [0.3, 0.4) is 0 Å². The average molecular weight is 266 g/mol. The van der Waals surface area contributed by atoms with Crippen LogP contribution in [0.25, 0.3) is 0 Å². The molecule has 2 aromatic rings. The van der Waals surface area contributed by atoms with Gasteiger partial charge in [-0.25, -0.2) is 0 Å². The Morgan fingerprint density at radius 2 is 2.11 bits per heavy atom. The Morgan fingerprint density at radius 3 is 2.78 bits per heavy atom. The van der Waals surface area contributed by atoms with E-state index in [4.69, 9.17) is 20.9 Å². The molecule has 3 rings (SSSR count). The smallest absolute Gasteiger partial charge is 0.232 e. The van der Waals surface area contributed by atoms with Crippen molar-refractivity contribution in [1.82, 2.24) is 15.5 Å². The van der Waals surface area contributed by atoms with E-state index in [0.717, 1.165) is 18.8 Å². The minimum atomic E-state index is 0.297. The maximum Gasteiger partial charge on any atom is 0.232 e. The molecular formula is C12H12ClN3O2. The van der Waals surface area contributed by atoms with Gasteiger partial charge in [-0.1, -0.05) is 16.8 Å². The number of rotatable bonds is 4. The summed E-state index contributed by atoms with van der Waals surface area (Å²) in [5.41, 5.74) is 0. The van der Waals surface area contributed by atoms with Crippen molar-refractivity contribution in [2.24, 2.45) is 0 Å². The van der Waals surface area contributed by atoms with Gasteiger partial charge >= 0.3 is 0 Å². The average Bonchev–Trinajstić information content (AvgIpc) is 2.75. The van der Waals surface area contributed by atoms with Crippen molar-refractivity contribution in [3.05, 3.63) is 41.0 Å². The lowest BCUT2D eigenvalue weighted by Gasteiger charge is -2.22. The first-order valence-corrected chi connectivity index (χ1v) is 6.10. The van der Waals surface area contributed by atoms with Crippen LogP contribution in [-0.2, 0) is 6.61 Å². The highest BCUT2D eigenvalue weighted by atomic mass is 35.5. The van der Waals surface area contributed by atoms with Crippen LogP contribution < -0.4 is 10.1 Å². The van der Waals surface area contributed by atoms with Gasteiger partial charge in [0, 0.05) is 18.1 Å². The molecule has 1 fully saturated rings. The summed E-state index contributed by atoms with van der Waals surface area (Å²) in [6, 6.07) is 7.16. The topological polar surface area (TPSA) is 60.2 Å². The molecule has 94 valence electrons. The number of hydrogen-bond acceptors (Lipinski definition) is 5. The molecule has 2 heterocycles. The van der Waals surface area contributed by atoms with E-state index in [1.165, 1.54) is 0 Å². The van der Waals surface area contributed by atoms with Crippen molar-refractivity contribution in [2.75, 3.05) is 13.1 Å². The molecule has 1 aromatic carbocycles. The zero-order chi connectivity index (χ0) is 12.4. The van der Waals surface area contributed by atoms with E-state index < -0.39 is 0 Å². The number of ether oxygens (including phenoxy) is 1. The summed E-state index contributed by atoms with van der Waals surface area (Å²) < 4.78 is 10.7. The molecule has 0 amide bonds. The van der Waals surface area contributed by atoms with Crippen molar-refractivity contribution < 1.29 is 9.26 Å². The van der Waals surface area contributed by atoms with Gasteiger partial charge in [-0.3, -0.25) is 0 Å². The van der Waals surface area contributed by atoms with Crippen molar-refractivity contribution in [3.8, 4) is 5.75 Å². The molecule has 18 heavy (non-hydrogen) atoms. The summed E-state index contributed by atoms with van der Waals surface area (Å²) in [6.07, 6.45) is 0. The second-order valence-electron chi connectivity index (χ2n) is 4.15. The van der Waals surface area contributed by atoms with Gasteiger partial charge < -0.3 is 14.6 Å². The van der Waals surface area contributed by atoms with Gasteiger partial charge in [-0.05, 0) is 24.3 Å². The Kier molecular flexibility index (Phi) is 3.17. The van der Waals surface area contributed by atoms with E-state index in [0.29, 0.717) is 29.3 Å². The van der Waals surface area contributed by atoms with Crippen LogP contribution in [0.2, 0.25) is 5.02 Å². The molecule has 0 unspecified atom stereocenters. The summed E-state index contributed by atoms with van der Waals surface area (Å²) in [6.45, 7) is 2.10. The highest BCUT2D eigenvalue weighted by Crippen LogP contribution is 2.19. The standard InChI is InChI=1S/C12H12ClN3O2/c13-9-1-3-10(4-2-9)17-7-11-15-12(18-16-11)8-5-14-6-8/h1-4,8,14H,5-7H2. The first-order chi connectivity index (χ1) is 8.81. The molecule has 1 aliphatic heterocycles. The predicted molar refractivity (Wildman–Crippen MR) is 65.7 cm³/mol. The Morgan fingerprint density at radius 1 is 1.33 bits per heavy atom. The third-order valence-electron chi connectivity index (χ3n) is 2.80. The summed E-state index contributed by atoms with van der Waals surface area (Å²) in [7, 11) is 0. The molecule has 1 aliphatic rings. The molecule has 0 aliphatic carbocycles. The van der Waals surface area contributed by atoms with Crippen LogP contribution in [0.1, 0.15) is 17.6 Å². The zero-order valence-electron chi connectivity index (χ0n) is 9.60. The molecule has 6 heteroatoms. The summed E-state index contributed by atoms with van der Waals surface area (Å²) in [5, 5.41) is 7.73. The minimum absolute atomic E-state index is 0.297. The molecule has 1 saturated heterocycles. The van der Waals surface area contributed by atoms with Crippen LogP contribution >= 0.6 is 11.6 Å². The number of nitrogens with one attached hydrogen (secondary N) is 1. The van der Waals surface area contributed by atoms with E-state index in [2.05, 4.69) is 15.5 Å². The fourth-order valence-corrected chi connectivity index (χ4v) is 1.76. The van der Waals surface area contributed by atoms with Gasteiger partial charge in [0.25, 0.3) is 0 Å². The Labute approximate surface area is 109 Å². The third-order valence-corrected chi connectivity index (χ3v) is 3.05. The Hall–Kier alpha value is -1.59. The molecule has 0 atom stereocenters. The fourth-order valence-electron chi connectivity index (χ4n) is 1.63.